The Labute approximate surface area is 136 Å². The van der Waals surface area contributed by atoms with Crippen molar-refractivity contribution >= 4 is 17.1 Å². The normalized spacial score (nSPS) is 12.5. The van der Waals surface area contributed by atoms with Crippen molar-refractivity contribution in [2.75, 3.05) is 18.4 Å². The van der Waals surface area contributed by atoms with E-state index in [9.17, 15) is 14.3 Å². The lowest BCUT2D eigenvalue weighted by molar-refractivity contribution is 0.196. The van der Waals surface area contributed by atoms with Gasteiger partial charge in [-0.3, -0.25) is 4.57 Å². The Morgan fingerprint density at radius 1 is 1.42 bits per heavy atom. The zero-order valence-electron chi connectivity index (χ0n) is 12.7. The number of nitrogens with zero attached hydrogens (tertiary/aromatic N) is 3. The predicted octanol–water partition coefficient (Wildman–Crippen LogP) is 0.0385. The van der Waals surface area contributed by atoms with E-state index in [1.807, 2.05) is 0 Å². The highest BCUT2D eigenvalue weighted by Crippen LogP contribution is 2.13. The second-order valence-electron chi connectivity index (χ2n) is 5.31. The third kappa shape index (κ3) is 3.26. The smallest absolute Gasteiger partial charge is 0.328 e. The molecule has 0 bridgehead atoms. The third-order valence-electron chi connectivity index (χ3n) is 3.57. The first kappa shape index (κ1) is 16.1. The van der Waals surface area contributed by atoms with Gasteiger partial charge in [0.2, 0.25) is 5.95 Å². The summed E-state index contributed by atoms with van der Waals surface area (Å²) in [6.07, 6.45) is 0.731. The lowest BCUT2D eigenvalue weighted by Gasteiger charge is -2.09. The van der Waals surface area contributed by atoms with Crippen molar-refractivity contribution in [2.24, 2.45) is 5.73 Å². The fourth-order valence-corrected chi connectivity index (χ4v) is 2.27. The van der Waals surface area contributed by atoms with E-state index in [4.69, 9.17) is 5.73 Å². The number of aliphatic hydroxyl groups excluding tert-OH is 1. The molecule has 0 aliphatic rings. The summed E-state index contributed by atoms with van der Waals surface area (Å²) in [6.45, 7) is 0.342. The van der Waals surface area contributed by atoms with Gasteiger partial charge >= 0.3 is 5.69 Å². The number of hydrogen-bond acceptors (Lipinski definition) is 6. The van der Waals surface area contributed by atoms with Crippen molar-refractivity contribution in [3.63, 3.8) is 0 Å². The molecular formula is C15H17FN6O2. The minimum atomic E-state index is -0.726. The van der Waals surface area contributed by atoms with Crippen LogP contribution >= 0.6 is 0 Å². The second-order valence-corrected chi connectivity index (χ2v) is 5.31. The fourth-order valence-electron chi connectivity index (χ4n) is 2.27. The minimum absolute atomic E-state index is 0.0490. The average Bonchev–Trinajstić information content (AvgIpc) is 2.89. The average molecular weight is 332 g/mol. The van der Waals surface area contributed by atoms with Crippen molar-refractivity contribution in [3.05, 3.63) is 52.3 Å². The largest absolute Gasteiger partial charge is 0.390 e. The zero-order valence-corrected chi connectivity index (χ0v) is 12.7. The summed E-state index contributed by atoms with van der Waals surface area (Å²) in [6, 6.07) is 6.24. The minimum Gasteiger partial charge on any atom is -0.390 e. The number of benzene rings is 1. The van der Waals surface area contributed by atoms with Crippen molar-refractivity contribution < 1.29 is 9.50 Å². The first-order chi connectivity index (χ1) is 11.6. The number of aliphatic hydroxyl groups is 1. The van der Waals surface area contributed by atoms with Crippen LogP contribution in [-0.4, -0.2) is 43.8 Å². The highest BCUT2D eigenvalue weighted by molar-refractivity contribution is 5.71. The van der Waals surface area contributed by atoms with Gasteiger partial charge in [0.25, 0.3) is 0 Å². The zero-order chi connectivity index (χ0) is 17.1. The summed E-state index contributed by atoms with van der Waals surface area (Å²) < 4.78 is 15.2. The first-order valence-corrected chi connectivity index (χ1v) is 7.39. The van der Waals surface area contributed by atoms with Crippen LogP contribution in [0.15, 0.2) is 35.3 Å². The third-order valence-corrected chi connectivity index (χ3v) is 3.57. The molecule has 126 valence electrons. The van der Waals surface area contributed by atoms with Crippen LogP contribution in [0.3, 0.4) is 0 Å². The van der Waals surface area contributed by atoms with E-state index in [0.29, 0.717) is 16.7 Å². The monoisotopic (exact) mass is 332 g/mol. The summed E-state index contributed by atoms with van der Waals surface area (Å²) in [5.41, 5.74) is 6.11. The van der Waals surface area contributed by atoms with Crippen molar-refractivity contribution in [3.8, 4) is 0 Å². The number of aromatic amines is 1. The molecule has 1 unspecified atom stereocenters. The van der Waals surface area contributed by atoms with E-state index in [1.165, 1.54) is 16.8 Å². The maximum Gasteiger partial charge on any atom is 0.328 e. The molecule has 3 aromatic rings. The molecule has 8 nitrogen and oxygen atoms in total. The molecule has 2 aromatic heterocycles. The molecule has 2 heterocycles. The number of H-pyrrole nitrogens is 1. The maximum atomic E-state index is 13.8. The maximum absolute atomic E-state index is 13.8. The highest BCUT2D eigenvalue weighted by Gasteiger charge is 2.12. The number of nitrogens with two attached hydrogens (primary N) is 1. The Balaban J connectivity index is 1.94. The van der Waals surface area contributed by atoms with E-state index in [-0.39, 0.29) is 25.6 Å². The SMILES string of the molecule is NCC(O)CNc1ncc2[nH]c(=O)n(Cc3ccccc3F)c2n1. The molecule has 24 heavy (non-hydrogen) atoms. The molecule has 0 radical (unpaired) electrons. The molecule has 0 saturated carbocycles. The van der Waals surface area contributed by atoms with Gasteiger partial charge in [0, 0.05) is 18.7 Å². The Morgan fingerprint density at radius 3 is 2.96 bits per heavy atom. The van der Waals surface area contributed by atoms with Gasteiger partial charge < -0.3 is 21.1 Å². The van der Waals surface area contributed by atoms with Crippen LogP contribution in [0.25, 0.3) is 11.2 Å². The van der Waals surface area contributed by atoms with E-state index in [2.05, 4.69) is 20.3 Å². The molecule has 0 amide bonds. The molecule has 5 N–H and O–H groups in total. The van der Waals surface area contributed by atoms with E-state index >= 15 is 0 Å². The van der Waals surface area contributed by atoms with Crippen LogP contribution in [0, 0.1) is 5.82 Å². The molecule has 3 rings (SSSR count). The molecule has 0 aliphatic heterocycles. The van der Waals surface area contributed by atoms with Gasteiger partial charge in [0.15, 0.2) is 5.65 Å². The first-order valence-electron chi connectivity index (χ1n) is 7.39. The summed E-state index contributed by atoms with van der Waals surface area (Å²) in [4.78, 5) is 23.1. The number of anilines is 1. The Bertz CT molecular complexity index is 906. The number of imidazole rings is 1. The predicted molar refractivity (Wildman–Crippen MR) is 87.2 cm³/mol. The Kier molecular flexibility index (Phi) is 4.54. The van der Waals surface area contributed by atoms with E-state index in [1.54, 1.807) is 18.2 Å². The Hall–Kier alpha value is -2.78. The number of fused-ring (bicyclic) bond motifs is 1. The Morgan fingerprint density at radius 2 is 2.21 bits per heavy atom. The lowest BCUT2D eigenvalue weighted by Crippen LogP contribution is -2.28. The van der Waals surface area contributed by atoms with Gasteiger partial charge in [-0.25, -0.2) is 14.2 Å². The van der Waals surface area contributed by atoms with Gasteiger partial charge in [0.1, 0.15) is 11.3 Å². The highest BCUT2D eigenvalue weighted by atomic mass is 19.1. The summed E-state index contributed by atoms with van der Waals surface area (Å²) in [7, 11) is 0. The van der Waals surface area contributed by atoms with Crippen LogP contribution < -0.4 is 16.7 Å². The molecule has 9 heteroatoms. The van der Waals surface area contributed by atoms with Gasteiger partial charge in [-0.1, -0.05) is 18.2 Å². The van der Waals surface area contributed by atoms with Crippen LogP contribution in [0.1, 0.15) is 5.56 Å². The van der Waals surface area contributed by atoms with E-state index < -0.39 is 17.6 Å². The number of halogens is 1. The molecule has 0 saturated heterocycles. The standard InChI is InChI=1S/C15H17FN6O2/c16-11-4-2-1-3-9(11)8-22-13-12(20-15(22)24)7-19-14(21-13)18-6-10(23)5-17/h1-4,7,10,23H,5-6,8,17H2,(H,20,24)(H,18,19,21). The van der Waals surface area contributed by atoms with Gasteiger partial charge in [-0.15, -0.1) is 0 Å². The molecular weight excluding hydrogens is 315 g/mol. The van der Waals surface area contributed by atoms with Crippen LogP contribution in [0.5, 0.6) is 0 Å². The second kappa shape index (κ2) is 6.77. The topological polar surface area (TPSA) is 122 Å². The quantitative estimate of drug-likeness (QED) is 0.505. The molecule has 1 atom stereocenters. The lowest BCUT2D eigenvalue weighted by atomic mass is 10.2. The van der Waals surface area contributed by atoms with Crippen molar-refractivity contribution in [1.29, 1.82) is 0 Å². The number of hydrogen-bond donors (Lipinski definition) is 4. The number of aromatic nitrogens is 4. The number of rotatable bonds is 6. The summed E-state index contributed by atoms with van der Waals surface area (Å²) >= 11 is 0. The van der Waals surface area contributed by atoms with Crippen LogP contribution in [0.2, 0.25) is 0 Å². The van der Waals surface area contributed by atoms with Crippen LogP contribution in [0.4, 0.5) is 10.3 Å². The van der Waals surface area contributed by atoms with Gasteiger partial charge in [-0.2, -0.15) is 4.98 Å². The summed E-state index contributed by atoms with van der Waals surface area (Å²) in [5, 5.41) is 12.3. The van der Waals surface area contributed by atoms with Gasteiger partial charge in [0.05, 0.1) is 18.8 Å². The van der Waals surface area contributed by atoms with Crippen molar-refractivity contribution in [2.45, 2.75) is 12.6 Å². The number of nitrogens with one attached hydrogen (secondary N) is 2. The molecule has 0 spiro atoms. The molecule has 1 aromatic carbocycles. The fraction of sp³-hybridized carbons (Fsp3) is 0.267. The molecule has 0 aliphatic carbocycles. The van der Waals surface area contributed by atoms with E-state index in [0.717, 1.165) is 0 Å². The molecule has 0 fully saturated rings. The summed E-state index contributed by atoms with van der Waals surface area (Å²) in [5.74, 6) is -0.145. The van der Waals surface area contributed by atoms with Crippen LogP contribution in [-0.2, 0) is 6.54 Å². The van der Waals surface area contributed by atoms with Crippen molar-refractivity contribution in [1.82, 2.24) is 19.5 Å². The van der Waals surface area contributed by atoms with Gasteiger partial charge in [-0.05, 0) is 6.07 Å².